The van der Waals surface area contributed by atoms with E-state index in [1.54, 1.807) is 17.1 Å². The molecule has 1 unspecified atom stereocenters. The summed E-state index contributed by atoms with van der Waals surface area (Å²) in [6.45, 7) is 4.14. The van der Waals surface area contributed by atoms with Gasteiger partial charge in [0.05, 0.1) is 6.20 Å². The van der Waals surface area contributed by atoms with Crippen LogP contribution in [0.2, 0.25) is 0 Å². The third-order valence-electron chi connectivity index (χ3n) is 3.45. The summed E-state index contributed by atoms with van der Waals surface area (Å²) in [7, 11) is 0. The number of carbonyl (C=O) groups excluding carboxylic acids is 1. The molecule has 1 fully saturated rings. The first kappa shape index (κ1) is 13.6. The Morgan fingerprint density at radius 1 is 1.58 bits per heavy atom. The normalized spacial score (nSPS) is 17.8. The second kappa shape index (κ2) is 5.03. The van der Waals surface area contributed by atoms with Gasteiger partial charge in [0.25, 0.3) is 0 Å². The molecule has 1 aliphatic rings. The summed E-state index contributed by atoms with van der Waals surface area (Å²) >= 11 is 0. The van der Waals surface area contributed by atoms with Crippen molar-refractivity contribution in [2.45, 2.75) is 45.7 Å². The number of carboxylic acids is 1. The second-order valence-corrected chi connectivity index (χ2v) is 5.27. The number of amides is 1. The molecule has 104 valence electrons. The number of hydrogen-bond donors (Lipinski definition) is 2. The molecule has 0 spiro atoms. The van der Waals surface area contributed by atoms with Crippen molar-refractivity contribution in [1.29, 1.82) is 0 Å². The number of carboxylic acid groups (broad SMARTS) is 1. The van der Waals surface area contributed by atoms with Crippen molar-refractivity contribution in [3.63, 3.8) is 0 Å². The number of aliphatic carboxylic acids is 1. The number of carbonyl (C=O) groups is 2. The van der Waals surface area contributed by atoms with Gasteiger partial charge in [-0.3, -0.25) is 14.3 Å². The Morgan fingerprint density at radius 3 is 2.74 bits per heavy atom. The third kappa shape index (κ3) is 2.94. The molecule has 6 nitrogen and oxygen atoms in total. The Kier molecular flexibility index (Phi) is 3.59. The zero-order valence-corrected chi connectivity index (χ0v) is 11.2. The molecule has 1 atom stereocenters. The van der Waals surface area contributed by atoms with Gasteiger partial charge in [-0.1, -0.05) is 0 Å². The molecule has 1 saturated carbocycles. The molecule has 2 N–H and O–H groups in total. The van der Waals surface area contributed by atoms with Gasteiger partial charge in [-0.05, 0) is 32.3 Å². The molecule has 1 aromatic rings. The van der Waals surface area contributed by atoms with Gasteiger partial charge in [-0.25, -0.2) is 0 Å². The Balaban J connectivity index is 2.13. The first-order chi connectivity index (χ1) is 8.95. The average molecular weight is 265 g/mol. The summed E-state index contributed by atoms with van der Waals surface area (Å²) in [5.41, 5.74) is -0.679. The fraction of sp³-hybridized carbons (Fsp3) is 0.615. The highest BCUT2D eigenvalue weighted by Crippen LogP contribution is 2.26. The SMILES string of the molecule is CCn1cc(CC(C)(C(=O)O)C(=O)NC2CC2)cn1. The third-order valence-corrected chi connectivity index (χ3v) is 3.45. The Labute approximate surface area is 111 Å². The Morgan fingerprint density at radius 2 is 2.26 bits per heavy atom. The Bertz CT molecular complexity index is 493. The van der Waals surface area contributed by atoms with E-state index in [0.29, 0.717) is 0 Å². The summed E-state index contributed by atoms with van der Waals surface area (Å²) in [5.74, 6) is -1.51. The zero-order chi connectivity index (χ0) is 14.0. The monoisotopic (exact) mass is 265 g/mol. The molecule has 0 saturated heterocycles. The quantitative estimate of drug-likeness (QED) is 0.746. The Hall–Kier alpha value is -1.85. The maximum atomic E-state index is 12.1. The van der Waals surface area contributed by atoms with E-state index in [-0.39, 0.29) is 12.5 Å². The molecule has 1 aliphatic carbocycles. The fourth-order valence-electron chi connectivity index (χ4n) is 1.90. The first-order valence-electron chi connectivity index (χ1n) is 6.51. The maximum Gasteiger partial charge on any atom is 0.319 e. The molecule has 1 heterocycles. The van der Waals surface area contributed by atoms with Gasteiger partial charge in [0.1, 0.15) is 5.41 Å². The number of nitrogens with one attached hydrogen (secondary N) is 1. The van der Waals surface area contributed by atoms with Gasteiger partial charge in [0, 0.05) is 25.2 Å². The van der Waals surface area contributed by atoms with Gasteiger partial charge in [0.15, 0.2) is 0 Å². The summed E-state index contributed by atoms with van der Waals surface area (Å²) in [6.07, 6.45) is 5.44. The number of aromatic nitrogens is 2. The minimum Gasteiger partial charge on any atom is -0.480 e. The van der Waals surface area contributed by atoms with Crippen LogP contribution in [-0.4, -0.2) is 32.8 Å². The molecule has 1 aromatic heterocycles. The lowest BCUT2D eigenvalue weighted by atomic mass is 9.83. The van der Waals surface area contributed by atoms with Gasteiger partial charge in [0.2, 0.25) is 5.91 Å². The first-order valence-corrected chi connectivity index (χ1v) is 6.51. The lowest BCUT2D eigenvalue weighted by Gasteiger charge is -2.23. The topological polar surface area (TPSA) is 84.2 Å². The van der Waals surface area contributed by atoms with E-state index < -0.39 is 17.3 Å². The summed E-state index contributed by atoms with van der Waals surface area (Å²) < 4.78 is 1.72. The van der Waals surface area contributed by atoms with Crippen molar-refractivity contribution in [1.82, 2.24) is 15.1 Å². The van der Waals surface area contributed by atoms with Crippen LogP contribution in [0.3, 0.4) is 0 Å². The van der Waals surface area contributed by atoms with Crippen LogP contribution in [0, 0.1) is 5.41 Å². The minimum atomic E-state index is -1.44. The van der Waals surface area contributed by atoms with Gasteiger partial charge in [-0.15, -0.1) is 0 Å². The predicted molar refractivity (Wildman–Crippen MR) is 68.5 cm³/mol. The van der Waals surface area contributed by atoms with Crippen molar-refractivity contribution in [3.8, 4) is 0 Å². The molecular formula is C13H19N3O3. The van der Waals surface area contributed by atoms with E-state index >= 15 is 0 Å². The van der Waals surface area contributed by atoms with Crippen molar-refractivity contribution in [3.05, 3.63) is 18.0 Å². The number of nitrogens with zero attached hydrogens (tertiary/aromatic N) is 2. The largest absolute Gasteiger partial charge is 0.480 e. The van der Waals surface area contributed by atoms with Crippen molar-refractivity contribution in [2.24, 2.45) is 5.41 Å². The summed E-state index contributed by atoms with van der Waals surface area (Å²) in [5, 5.41) is 16.2. The van der Waals surface area contributed by atoms with Gasteiger partial charge in [-0.2, -0.15) is 5.10 Å². The summed E-state index contributed by atoms with van der Waals surface area (Å²) in [4.78, 5) is 23.6. The van der Waals surface area contributed by atoms with Crippen molar-refractivity contribution in [2.75, 3.05) is 0 Å². The van der Waals surface area contributed by atoms with Gasteiger partial charge < -0.3 is 10.4 Å². The number of hydrogen-bond acceptors (Lipinski definition) is 3. The number of rotatable bonds is 6. The lowest BCUT2D eigenvalue weighted by molar-refractivity contribution is -0.154. The van der Waals surface area contributed by atoms with Crippen LogP contribution < -0.4 is 5.32 Å². The van der Waals surface area contributed by atoms with Crippen LogP contribution in [0.4, 0.5) is 0 Å². The molecule has 0 aromatic carbocycles. The highest BCUT2D eigenvalue weighted by molar-refractivity contribution is 6.02. The van der Waals surface area contributed by atoms with E-state index in [1.807, 2.05) is 6.92 Å². The summed E-state index contributed by atoms with van der Waals surface area (Å²) in [6, 6.07) is 0.157. The minimum absolute atomic E-state index is 0.154. The second-order valence-electron chi connectivity index (χ2n) is 5.27. The van der Waals surface area contributed by atoms with Crippen LogP contribution >= 0.6 is 0 Å². The molecule has 2 rings (SSSR count). The van der Waals surface area contributed by atoms with Crippen molar-refractivity contribution >= 4 is 11.9 Å². The number of aryl methyl sites for hydroxylation is 1. The molecule has 0 radical (unpaired) electrons. The maximum absolute atomic E-state index is 12.1. The van der Waals surface area contributed by atoms with Crippen LogP contribution in [0.1, 0.15) is 32.3 Å². The van der Waals surface area contributed by atoms with Crippen LogP contribution in [-0.2, 0) is 22.6 Å². The van der Waals surface area contributed by atoms with Crippen LogP contribution in [0.15, 0.2) is 12.4 Å². The molecule has 19 heavy (non-hydrogen) atoms. The molecule has 6 heteroatoms. The highest BCUT2D eigenvalue weighted by atomic mass is 16.4. The van der Waals surface area contributed by atoms with Crippen LogP contribution in [0.25, 0.3) is 0 Å². The average Bonchev–Trinajstić information content (AvgIpc) is 3.06. The fourth-order valence-corrected chi connectivity index (χ4v) is 1.90. The van der Waals surface area contributed by atoms with E-state index in [1.165, 1.54) is 6.92 Å². The van der Waals surface area contributed by atoms with E-state index in [2.05, 4.69) is 10.4 Å². The van der Waals surface area contributed by atoms with E-state index in [9.17, 15) is 14.7 Å². The predicted octanol–water partition coefficient (Wildman–Crippen LogP) is 0.815. The standard InChI is InChI=1S/C13H19N3O3/c1-3-16-8-9(7-14-16)6-13(2,12(18)19)11(17)15-10-4-5-10/h7-8,10H,3-6H2,1-2H3,(H,15,17)(H,18,19). The lowest BCUT2D eigenvalue weighted by Crippen LogP contribution is -2.46. The molecule has 0 bridgehead atoms. The van der Waals surface area contributed by atoms with Gasteiger partial charge >= 0.3 is 5.97 Å². The van der Waals surface area contributed by atoms with Crippen molar-refractivity contribution < 1.29 is 14.7 Å². The smallest absolute Gasteiger partial charge is 0.319 e. The van der Waals surface area contributed by atoms with Crippen LogP contribution in [0.5, 0.6) is 0 Å². The molecule has 0 aliphatic heterocycles. The highest BCUT2D eigenvalue weighted by Gasteiger charge is 2.43. The van der Waals surface area contributed by atoms with E-state index in [0.717, 1.165) is 24.9 Å². The molecule has 1 amide bonds. The zero-order valence-electron chi connectivity index (χ0n) is 11.2. The molecular weight excluding hydrogens is 246 g/mol. The van der Waals surface area contributed by atoms with E-state index in [4.69, 9.17) is 0 Å².